The first-order valence-corrected chi connectivity index (χ1v) is 13.4. The fraction of sp³-hybridized carbons (Fsp3) is 0.680. The Morgan fingerprint density at radius 2 is 1.67 bits per heavy atom. The van der Waals surface area contributed by atoms with Gasteiger partial charge in [-0.25, -0.2) is 4.98 Å². The van der Waals surface area contributed by atoms with Gasteiger partial charge >= 0.3 is 0 Å². The van der Waals surface area contributed by atoms with Gasteiger partial charge < -0.3 is 4.98 Å². The van der Waals surface area contributed by atoms with E-state index < -0.39 is 0 Å². The lowest BCUT2D eigenvalue weighted by molar-refractivity contribution is -0.134. The number of hydrogen-bond donors (Lipinski definition) is 3. The molecule has 0 unspecified atom stereocenters. The van der Waals surface area contributed by atoms with Gasteiger partial charge in [-0.15, -0.1) is 11.3 Å². The Hall–Kier alpha value is -2.22. The van der Waals surface area contributed by atoms with E-state index in [-0.39, 0.29) is 29.2 Å². The second-order valence-corrected chi connectivity index (χ2v) is 12.2. The quantitative estimate of drug-likeness (QED) is 0.584. The van der Waals surface area contributed by atoms with Gasteiger partial charge in [0.2, 0.25) is 11.8 Å². The Kier molecular flexibility index (Phi) is 5.31. The lowest BCUT2D eigenvalue weighted by atomic mass is 9.49. The maximum atomic E-state index is 12.6. The molecule has 4 saturated carbocycles. The van der Waals surface area contributed by atoms with Crippen LogP contribution in [0.2, 0.25) is 0 Å². The molecule has 2 aromatic heterocycles. The predicted octanol–water partition coefficient (Wildman–Crippen LogP) is 3.55. The Bertz CT molecular complexity index is 1130. The molecule has 7 rings (SSSR count). The summed E-state index contributed by atoms with van der Waals surface area (Å²) in [6, 6.07) is 0. The number of hydrazine groups is 1. The molecule has 8 heteroatoms. The minimum absolute atomic E-state index is 0.0811. The van der Waals surface area contributed by atoms with Crippen molar-refractivity contribution in [1.29, 1.82) is 0 Å². The van der Waals surface area contributed by atoms with Crippen LogP contribution in [0, 0.1) is 23.2 Å². The first-order valence-electron chi connectivity index (χ1n) is 12.6. The van der Waals surface area contributed by atoms with Gasteiger partial charge in [-0.1, -0.05) is 0 Å². The standard InChI is InChI=1S/C25H32N4O3S/c30-20(28-29-21(31)13-25-10-14-7-15(11-25)9-16(8-14)12-25)6-5-19-26-23(32)22-17-3-1-2-4-18(17)33-24(22)27-19/h14-16H,1-13H2,(H,28,30)(H,29,31)(H,26,27,32). The van der Waals surface area contributed by atoms with Gasteiger partial charge in [0.05, 0.1) is 5.39 Å². The number of aromatic amines is 1. The first kappa shape index (κ1) is 21.3. The van der Waals surface area contributed by atoms with Crippen molar-refractivity contribution in [3.05, 3.63) is 26.6 Å². The van der Waals surface area contributed by atoms with Crippen LogP contribution in [0.25, 0.3) is 10.2 Å². The minimum atomic E-state index is -0.262. The van der Waals surface area contributed by atoms with Crippen LogP contribution < -0.4 is 16.4 Å². The van der Waals surface area contributed by atoms with Gasteiger partial charge in [-0.05, 0) is 92.9 Å². The molecule has 4 fully saturated rings. The molecule has 5 aliphatic rings. The van der Waals surface area contributed by atoms with Crippen LogP contribution in [0.1, 0.15) is 80.5 Å². The predicted molar refractivity (Wildman–Crippen MR) is 127 cm³/mol. The average Bonchev–Trinajstić information content (AvgIpc) is 3.14. The molecular weight excluding hydrogens is 436 g/mol. The van der Waals surface area contributed by atoms with Crippen LogP contribution in [-0.4, -0.2) is 21.8 Å². The molecule has 0 radical (unpaired) electrons. The molecule has 0 aromatic carbocycles. The number of fused-ring (bicyclic) bond motifs is 3. The maximum absolute atomic E-state index is 12.6. The van der Waals surface area contributed by atoms with Crippen LogP contribution in [0.4, 0.5) is 0 Å². The van der Waals surface area contributed by atoms with E-state index in [1.165, 1.54) is 55.4 Å². The zero-order valence-electron chi connectivity index (χ0n) is 19.0. The molecular formula is C25H32N4O3S. The van der Waals surface area contributed by atoms with Crippen molar-refractivity contribution in [2.24, 2.45) is 23.2 Å². The van der Waals surface area contributed by atoms with Crippen molar-refractivity contribution in [3.63, 3.8) is 0 Å². The van der Waals surface area contributed by atoms with Crippen molar-refractivity contribution >= 4 is 33.4 Å². The zero-order valence-corrected chi connectivity index (χ0v) is 19.8. The van der Waals surface area contributed by atoms with Crippen molar-refractivity contribution in [2.45, 2.75) is 83.5 Å². The molecule has 4 bridgehead atoms. The van der Waals surface area contributed by atoms with Gasteiger partial charge in [-0.2, -0.15) is 0 Å². The normalized spacial score (nSPS) is 29.8. The van der Waals surface area contributed by atoms with Gasteiger partial charge in [0.15, 0.2) is 0 Å². The van der Waals surface area contributed by atoms with E-state index in [1.54, 1.807) is 11.3 Å². The number of nitrogens with one attached hydrogen (secondary N) is 3. The lowest BCUT2D eigenvalue weighted by Gasteiger charge is -2.56. The lowest BCUT2D eigenvalue weighted by Crippen LogP contribution is -2.50. The molecule has 0 saturated heterocycles. The second-order valence-electron chi connectivity index (χ2n) is 11.1. The number of hydrogen-bond acceptors (Lipinski definition) is 5. The number of carbonyl (C=O) groups is 2. The van der Waals surface area contributed by atoms with E-state index in [4.69, 9.17) is 0 Å². The molecule has 0 aliphatic heterocycles. The highest BCUT2D eigenvalue weighted by Crippen LogP contribution is 2.61. The SMILES string of the molecule is O=C(CCc1nc2sc3c(c2c(=O)[nH]1)CCCC3)NNC(=O)CC12CC3CC(CC(C3)C1)C2. The average molecular weight is 469 g/mol. The number of amides is 2. The number of rotatable bonds is 5. The largest absolute Gasteiger partial charge is 0.310 e. The molecule has 2 aromatic rings. The van der Waals surface area contributed by atoms with Crippen LogP contribution >= 0.6 is 11.3 Å². The summed E-state index contributed by atoms with van der Waals surface area (Å²) in [4.78, 5) is 47.2. The molecule has 176 valence electrons. The summed E-state index contributed by atoms with van der Waals surface area (Å²) in [5.41, 5.74) is 6.43. The van der Waals surface area contributed by atoms with E-state index in [9.17, 15) is 14.4 Å². The van der Waals surface area contributed by atoms with Crippen molar-refractivity contribution in [1.82, 2.24) is 20.8 Å². The molecule has 33 heavy (non-hydrogen) atoms. The van der Waals surface area contributed by atoms with Crippen LogP contribution in [0.5, 0.6) is 0 Å². The fourth-order valence-electron chi connectivity index (χ4n) is 7.65. The van der Waals surface area contributed by atoms with Crippen LogP contribution in [0.3, 0.4) is 0 Å². The minimum Gasteiger partial charge on any atom is -0.310 e. The molecule has 2 amide bonds. The van der Waals surface area contributed by atoms with E-state index in [2.05, 4.69) is 20.8 Å². The molecule has 0 spiro atoms. The number of carbonyl (C=O) groups excluding carboxylic acids is 2. The monoisotopic (exact) mass is 468 g/mol. The summed E-state index contributed by atoms with van der Waals surface area (Å²) in [5.74, 6) is 2.60. The molecule has 5 aliphatic carbocycles. The summed E-state index contributed by atoms with van der Waals surface area (Å²) in [6.07, 6.45) is 12.9. The van der Waals surface area contributed by atoms with Gasteiger partial charge in [0, 0.05) is 24.1 Å². The van der Waals surface area contributed by atoms with E-state index >= 15 is 0 Å². The molecule has 7 nitrogen and oxygen atoms in total. The second kappa shape index (κ2) is 8.22. The Morgan fingerprint density at radius 1 is 1.00 bits per heavy atom. The summed E-state index contributed by atoms with van der Waals surface area (Å²) < 4.78 is 0. The Morgan fingerprint density at radius 3 is 2.39 bits per heavy atom. The third-order valence-electron chi connectivity index (χ3n) is 8.50. The topological polar surface area (TPSA) is 104 Å². The van der Waals surface area contributed by atoms with Crippen LogP contribution in [-0.2, 0) is 28.9 Å². The smallest absolute Gasteiger partial charge is 0.259 e. The van der Waals surface area contributed by atoms with Gasteiger partial charge in [-0.3, -0.25) is 25.2 Å². The summed E-state index contributed by atoms with van der Waals surface area (Å²) >= 11 is 1.61. The maximum Gasteiger partial charge on any atom is 0.259 e. The van der Waals surface area contributed by atoms with Gasteiger partial charge in [0.1, 0.15) is 10.7 Å². The van der Waals surface area contributed by atoms with Crippen molar-refractivity contribution < 1.29 is 9.59 Å². The highest BCUT2D eigenvalue weighted by Gasteiger charge is 2.51. The number of thiophene rings is 1. The van der Waals surface area contributed by atoms with Crippen LogP contribution in [0.15, 0.2) is 4.79 Å². The van der Waals surface area contributed by atoms with Crippen molar-refractivity contribution in [3.8, 4) is 0 Å². The highest BCUT2D eigenvalue weighted by atomic mass is 32.1. The zero-order chi connectivity index (χ0) is 22.6. The van der Waals surface area contributed by atoms with Gasteiger partial charge in [0.25, 0.3) is 5.56 Å². The summed E-state index contributed by atoms with van der Waals surface area (Å²) in [5, 5.41) is 0.736. The Balaban J connectivity index is 1.02. The number of H-pyrrole nitrogens is 1. The highest BCUT2D eigenvalue weighted by molar-refractivity contribution is 7.18. The first-order chi connectivity index (χ1) is 16.0. The van der Waals surface area contributed by atoms with E-state index in [1.807, 2.05) is 0 Å². The number of nitrogens with zero attached hydrogens (tertiary/aromatic N) is 1. The molecule has 2 heterocycles. The molecule has 0 atom stereocenters. The number of aromatic nitrogens is 2. The third-order valence-corrected chi connectivity index (χ3v) is 9.69. The summed E-state index contributed by atoms with van der Waals surface area (Å²) in [7, 11) is 0. The summed E-state index contributed by atoms with van der Waals surface area (Å²) in [6.45, 7) is 0. The van der Waals surface area contributed by atoms with Crippen molar-refractivity contribution in [2.75, 3.05) is 0 Å². The Labute approximate surface area is 197 Å². The molecule has 3 N–H and O–H groups in total. The van der Waals surface area contributed by atoms with E-state index in [0.717, 1.165) is 47.2 Å². The fourth-order valence-corrected chi connectivity index (χ4v) is 8.93. The number of aryl methyl sites for hydroxylation is 3. The van der Waals surface area contributed by atoms with E-state index in [0.29, 0.717) is 18.7 Å². The third kappa shape index (κ3) is 4.11.